The lowest BCUT2D eigenvalue weighted by Crippen LogP contribution is -2.45. The summed E-state index contributed by atoms with van der Waals surface area (Å²) in [7, 11) is 1.89. The zero-order chi connectivity index (χ0) is 22.9. The van der Waals surface area contributed by atoms with Crippen molar-refractivity contribution in [2.75, 3.05) is 18.0 Å². The van der Waals surface area contributed by atoms with Crippen LogP contribution >= 0.6 is 0 Å². The van der Waals surface area contributed by atoms with Gasteiger partial charge in [-0.15, -0.1) is 0 Å². The molecule has 0 unspecified atom stereocenters. The summed E-state index contributed by atoms with van der Waals surface area (Å²) in [4.78, 5) is 28.7. The van der Waals surface area contributed by atoms with Crippen LogP contribution in [0.4, 0.5) is 5.82 Å². The third-order valence-electron chi connectivity index (χ3n) is 5.82. The van der Waals surface area contributed by atoms with E-state index in [1.165, 1.54) is 0 Å². The Morgan fingerprint density at radius 1 is 1.03 bits per heavy atom. The Kier molecular flexibility index (Phi) is 5.60. The number of Topliss-reactive ketones (excluding diaryl/α,β-unsaturated/α-hetero) is 1. The van der Waals surface area contributed by atoms with Gasteiger partial charge in [-0.2, -0.15) is 5.10 Å². The van der Waals surface area contributed by atoms with Crippen LogP contribution in [0.2, 0.25) is 0 Å². The van der Waals surface area contributed by atoms with Gasteiger partial charge in [-0.05, 0) is 38.1 Å². The SMILES string of the molecule is C[C@@H]1CN(c2cc(C(=O)Cc3cc4cc(-c5cnn(C)c5)cnc4cn3)ccn2)C[C@H](C)O1. The van der Waals surface area contributed by atoms with Crippen LogP contribution in [0.5, 0.6) is 0 Å². The van der Waals surface area contributed by atoms with Gasteiger partial charge < -0.3 is 9.64 Å². The smallest absolute Gasteiger partial charge is 0.169 e. The van der Waals surface area contributed by atoms with Crippen LogP contribution in [-0.2, 0) is 18.2 Å². The van der Waals surface area contributed by atoms with Crippen LogP contribution in [0, 0.1) is 0 Å². The summed E-state index contributed by atoms with van der Waals surface area (Å²) in [5.74, 6) is 0.816. The third-order valence-corrected chi connectivity index (χ3v) is 5.82. The summed E-state index contributed by atoms with van der Waals surface area (Å²) in [6.07, 6.45) is 9.47. The highest BCUT2D eigenvalue weighted by molar-refractivity contribution is 5.98. The van der Waals surface area contributed by atoms with E-state index in [1.54, 1.807) is 23.1 Å². The number of hydrogen-bond donors (Lipinski definition) is 0. The molecule has 0 aromatic carbocycles. The summed E-state index contributed by atoms with van der Waals surface area (Å²) in [6, 6.07) is 7.63. The quantitative estimate of drug-likeness (QED) is 0.438. The van der Waals surface area contributed by atoms with Gasteiger partial charge in [0.1, 0.15) is 5.82 Å². The molecule has 8 heteroatoms. The summed E-state index contributed by atoms with van der Waals surface area (Å²) >= 11 is 0. The van der Waals surface area contributed by atoms with Crippen molar-refractivity contribution >= 4 is 22.5 Å². The highest BCUT2D eigenvalue weighted by atomic mass is 16.5. The number of morpholine rings is 1. The van der Waals surface area contributed by atoms with Gasteiger partial charge in [0, 0.05) is 66.5 Å². The van der Waals surface area contributed by atoms with E-state index in [-0.39, 0.29) is 24.4 Å². The van der Waals surface area contributed by atoms with Gasteiger partial charge >= 0.3 is 0 Å². The molecule has 33 heavy (non-hydrogen) atoms. The molecule has 0 spiro atoms. The van der Waals surface area contributed by atoms with Crippen molar-refractivity contribution in [1.29, 1.82) is 0 Å². The molecule has 2 atom stereocenters. The average molecular weight is 443 g/mol. The molecule has 0 aliphatic carbocycles. The number of anilines is 1. The van der Waals surface area contributed by atoms with Crippen LogP contribution in [0.3, 0.4) is 0 Å². The number of pyridine rings is 3. The molecular formula is C25H26N6O2. The Balaban J connectivity index is 1.36. The van der Waals surface area contributed by atoms with Gasteiger partial charge in [-0.3, -0.25) is 19.4 Å². The number of ketones is 1. The topological polar surface area (TPSA) is 86.0 Å². The summed E-state index contributed by atoms with van der Waals surface area (Å²) in [6.45, 7) is 5.62. The molecule has 1 aliphatic rings. The first kappa shape index (κ1) is 21.2. The molecule has 5 heterocycles. The molecule has 1 fully saturated rings. The van der Waals surface area contributed by atoms with Crippen molar-refractivity contribution in [2.45, 2.75) is 32.5 Å². The lowest BCUT2D eigenvalue weighted by Gasteiger charge is -2.36. The van der Waals surface area contributed by atoms with Gasteiger partial charge in [0.25, 0.3) is 0 Å². The molecule has 1 aliphatic heterocycles. The first-order chi connectivity index (χ1) is 15.9. The summed E-state index contributed by atoms with van der Waals surface area (Å²) in [5.41, 5.74) is 4.12. The second kappa shape index (κ2) is 8.71. The number of aromatic nitrogens is 5. The van der Waals surface area contributed by atoms with Gasteiger partial charge in [-0.1, -0.05) is 0 Å². The van der Waals surface area contributed by atoms with E-state index in [0.29, 0.717) is 11.3 Å². The molecule has 4 aromatic rings. The predicted molar refractivity (Wildman–Crippen MR) is 126 cm³/mol. The fourth-order valence-electron chi connectivity index (χ4n) is 4.30. The molecule has 0 bridgehead atoms. The number of hydrogen-bond acceptors (Lipinski definition) is 7. The number of fused-ring (bicyclic) bond motifs is 1. The Labute approximate surface area is 192 Å². The maximum absolute atomic E-state index is 13.1. The maximum Gasteiger partial charge on any atom is 0.169 e. The second-order valence-electron chi connectivity index (χ2n) is 8.66. The van der Waals surface area contributed by atoms with Crippen LogP contribution < -0.4 is 4.90 Å². The number of carbonyl (C=O) groups excluding carboxylic acids is 1. The van der Waals surface area contributed by atoms with E-state index >= 15 is 0 Å². The third kappa shape index (κ3) is 4.61. The largest absolute Gasteiger partial charge is 0.372 e. The summed E-state index contributed by atoms with van der Waals surface area (Å²) < 4.78 is 7.57. The van der Waals surface area contributed by atoms with Crippen molar-refractivity contribution < 1.29 is 9.53 Å². The minimum absolute atomic E-state index is 0.0104. The maximum atomic E-state index is 13.1. The van der Waals surface area contributed by atoms with Crippen LogP contribution in [0.1, 0.15) is 29.9 Å². The lowest BCUT2D eigenvalue weighted by atomic mass is 10.0. The fraction of sp³-hybridized carbons (Fsp3) is 0.320. The van der Waals surface area contributed by atoms with Crippen LogP contribution in [-0.4, -0.2) is 55.8 Å². The molecule has 0 amide bonds. The van der Waals surface area contributed by atoms with Crippen molar-refractivity contribution in [2.24, 2.45) is 7.05 Å². The van der Waals surface area contributed by atoms with Crippen molar-refractivity contribution in [3.05, 3.63) is 66.5 Å². The van der Waals surface area contributed by atoms with Crippen molar-refractivity contribution in [1.82, 2.24) is 24.7 Å². The molecule has 1 saturated heterocycles. The zero-order valence-electron chi connectivity index (χ0n) is 19.0. The van der Waals surface area contributed by atoms with Crippen LogP contribution in [0.25, 0.3) is 22.0 Å². The molecule has 0 radical (unpaired) electrons. The van der Waals surface area contributed by atoms with E-state index in [2.05, 4.69) is 44.9 Å². The number of ether oxygens (including phenoxy) is 1. The minimum atomic E-state index is 0.0104. The van der Waals surface area contributed by atoms with Gasteiger partial charge in [0.15, 0.2) is 5.78 Å². The number of carbonyl (C=O) groups is 1. The molecule has 0 N–H and O–H groups in total. The van der Waals surface area contributed by atoms with Gasteiger partial charge in [-0.25, -0.2) is 4.98 Å². The zero-order valence-corrected chi connectivity index (χ0v) is 19.0. The lowest BCUT2D eigenvalue weighted by molar-refractivity contribution is -0.00545. The monoisotopic (exact) mass is 442 g/mol. The van der Waals surface area contributed by atoms with Gasteiger partial charge in [0.05, 0.1) is 36.5 Å². The fourth-order valence-corrected chi connectivity index (χ4v) is 4.30. The Hall–Kier alpha value is -3.65. The Bertz CT molecular complexity index is 1310. The summed E-state index contributed by atoms with van der Waals surface area (Å²) in [5, 5.41) is 5.17. The Morgan fingerprint density at radius 3 is 2.61 bits per heavy atom. The molecule has 0 saturated carbocycles. The molecule has 5 rings (SSSR count). The first-order valence-electron chi connectivity index (χ1n) is 11.1. The van der Waals surface area contributed by atoms with E-state index in [0.717, 1.165) is 40.9 Å². The van der Waals surface area contributed by atoms with E-state index in [9.17, 15) is 4.79 Å². The molecule has 8 nitrogen and oxygen atoms in total. The van der Waals surface area contributed by atoms with Crippen molar-refractivity contribution in [3.8, 4) is 11.1 Å². The number of nitrogens with zero attached hydrogens (tertiary/aromatic N) is 6. The standard InChI is InChI=1S/C25H26N6O2/c1-16-13-31(14-17(2)33-16)25-8-18(4-5-26-25)24(32)9-22-7-19-6-20(10-28-23(19)12-27-22)21-11-29-30(3)15-21/h4-8,10-12,15-17H,9,13-14H2,1-3H3/t16-,17+. The van der Waals surface area contributed by atoms with Crippen LogP contribution in [0.15, 0.2) is 55.2 Å². The molecule has 168 valence electrons. The highest BCUT2D eigenvalue weighted by Gasteiger charge is 2.23. The predicted octanol–water partition coefficient (Wildman–Crippen LogP) is 3.46. The highest BCUT2D eigenvalue weighted by Crippen LogP contribution is 2.23. The molecular weight excluding hydrogens is 416 g/mol. The average Bonchev–Trinajstić information content (AvgIpc) is 3.24. The number of aryl methyl sites for hydroxylation is 1. The second-order valence-corrected chi connectivity index (χ2v) is 8.66. The number of rotatable bonds is 5. The normalized spacial score (nSPS) is 18.6. The van der Waals surface area contributed by atoms with E-state index in [4.69, 9.17) is 4.74 Å². The minimum Gasteiger partial charge on any atom is -0.372 e. The first-order valence-corrected chi connectivity index (χ1v) is 11.1. The van der Waals surface area contributed by atoms with E-state index in [1.807, 2.05) is 37.8 Å². The Morgan fingerprint density at radius 2 is 1.85 bits per heavy atom. The molecule has 4 aromatic heterocycles. The van der Waals surface area contributed by atoms with Crippen molar-refractivity contribution in [3.63, 3.8) is 0 Å². The van der Waals surface area contributed by atoms with E-state index < -0.39 is 0 Å². The van der Waals surface area contributed by atoms with Gasteiger partial charge in [0.2, 0.25) is 0 Å².